The number of hydrogen-bond acceptors (Lipinski definition) is 6. The maximum absolute atomic E-state index is 9.52. The second-order valence-electron chi connectivity index (χ2n) is 7.82. The first-order valence-electron chi connectivity index (χ1n) is 7.70. The molecule has 128 valence electrons. The molecule has 0 saturated heterocycles. The Morgan fingerprint density at radius 1 is 1.08 bits per heavy atom. The number of aromatic nitrogens is 4. The van der Waals surface area contributed by atoms with Crippen LogP contribution in [0.3, 0.4) is 0 Å². The van der Waals surface area contributed by atoms with Gasteiger partial charge in [-0.15, -0.1) is 10.2 Å². The van der Waals surface area contributed by atoms with Crippen molar-refractivity contribution in [3.63, 3.8) is 0 Å². The molecule has 0 radical (unpaired) electrons. The molecule has 2 aromatic rings. The fraction of sp³-hybridized carbons (Fsp3) is 0.562. The lowest BCUT2D eigenvalue weighted by Crippen LogP contribution is -2.14. The number of nitrogen functional groups attached to an aromatic ring is 1. The highest BCUT2D eigenvalue weighted by atomic mass is 15.3. The number of rotatable bonds is 2. The average Bonchev–Trinajstić information content (AvgIpc) is 2.96. The zero-order valence-corrected chi connectivity index (χ0v) is 15.3. The van der Waals surface area contributed by atoms with Crippen molar-refractivity contribution >= 4 is 17.3 Å². The third-order valence-electron chi connectivity index (χ3n) is 3.56. The SMILES string of the molecule is Cn1nc(C(C)(C)C)c(C#N)c1N=Nc1c(C(C)(C)C)n[nH]c1N. The maximum Gasteiger partial charge on any atom is 0.191 e. The summed E-state index contributed by atoms with van der Waals surface area (Å²) in [5.74, 6) is 0.753. The largest absolute Gasteiger partial charge is 0.382 e. The van der Waals surface area contributed by atoms with Crippen LogP contribution >= 0.6 is 0 Å². The van der Waals surface area contributed by atoms with Gasteiger partial charge in [-0.25, -0.2) is 4.68 Å². The normalized spacial score (nSPS) is 12.8. The van der Waals surface area contributed by atoms with Crippen molar-refractivity contribution in [3.05, 3.63) is 17.0 Å². The molecule has 0 aliphatic carbocycles. The standard InChI is InChI=1S/C16H24N8/c1-15(2,3)11-9(8-17)14(24(7)23-11)22-19-10-12(16(4,5)6)20-21-13(10)18/h1-7H3,(H3,18,20,21). The van der Waals surface area contributed by atoms with Crippen LogP contribution in [0.4, 0.5) is 17.3 Å². The summed E-state index contributed by atoms with van der Waals surface area (Å²) in [5, 5.41) is 29.4. The van der Waals surface area contributed by atoms with Gasteiger partial charge in [-0.1, -0.05) is 41.5 Å². The predicted octanol–water partition coefficient (Wildman–Crippen LogP) is 3.61. The summed E-state index contributed by atoms with van der Waals surface area (Å²) in [5.41, 5.74) is 7.76. The van der Waals surface area contributed by atoms with Gasteiger partial charge in [0.05, 0.1) is 11.4 Å². The second kappa shape index (κ2) is 5.74. The van der Waals surface area contributed by atoms with E-state index in [-0.39, 0.29) is 10.8 Å². The molecule has 0 aliphatic rings. The van der Waals surface area contributed by atoms with E-state index in [4.69, 9.17) is 5.73 Å². The number of nitrogens with two attached hydrogens (primary N) is 1. The zero-order chi connectivity index (χ0) is 18.3. The van der Waals surface area contributed by atoms with E-state index < -0.39 is 0 Å². The summed E-state index contributed by atoms with van der Waals surface area (Å²) in [7, 11) is 1.74. The quantitative estimate of drug-likeness (QED) is 0.818. The van der Waals surface area contributed by atoms with Crippen LogP contribution in [0.2, 0.25) is 0 Å². The van der Waals surface area contributed by atoms with E-state index in [9.17, 15) is 5.26 Å². The molecule has 3 N–H and O–H groups in total. The molecule has 0 atom stereocenters. The summed E-state index contributed by atoms with van der Waals surface area (Å²) in [6.45, 7) is 12.1. The van der Waals surface area contributed by atoms with Crippen LogP contribution in [0, 0.1) is 11.3 Å². The van der Waals surface area contributed by atoms with Gasteiger partial charge in [-0.3, -0.25) is 5.10 Å². The lowest BCUT2D eigenvalue weighted by Gasteiger charge is -2.15. The minimum atomic E-state index is -0.262. The monoisotopic (exact) mass is 328 g/mol. The van der Waals surface area contributed by atoms with Gasteiger partial charge in [0.15, 0.2) is 11.5 Å². The van der Waals surface area contributed by atoms with Gasteiger partial charge >= 0.3 is 0 Å². The van der Waals surface area contributed by atoms with E-state index in [0.29, 0.717) is 28.6 Å². The van der Waals surface area contributed by atoms with E-state index in [1.165, 1.54) is 0 Å². The topological polar surface area (TPSA) is 121 Å². The summed E-state index contributed by atoms with van der Waals surface area (Å²) >= 11 is 0. The second-order valence-corrected chi connectivity index (χ2v) is 7.82. The summed E-state index contributed by atoms with van der Waals surface area (Å²) in [6, 6.07) is 2.19. The minimum absolute atomic E-state index is 0.233. The van der Waals surface area contributed by atoms with Crippen LogP contribution in [-0.4, -0.2) is 20.0 Å². The molecule has 2 aromatic heterocycles. The van der Waals surface area contributed by atoms with E-state index in [1.54, 1.807) is 11.7 Å². The number of H-pyrrole nitrogens is 1. The van der Waals surface area contributed by atoms with Gasteiger partial charge in [0, 0.05) is 17.9 Å². The number of hydrogen-bond donors (Lipinski definition) is 2. The fourth-order valence-corrected chi connectivity index (χ4v) is 2.33. The molecule has 0 spiro atoms. The van der Waals surface area contributed by atoms with Crippen molar-refractivity contribution in [1.29, 1.82) is 5.26 Å². The van der Waals surface area contributed by atoms with Crippen LogP contribution in [0.5, 0.6) is 0 Å². The summed E-state index contributed by atoms with van der Waals surface area (Å²) < 4.78 is 1.57. The highest BCUT2D eigenvalue weighted by Gasteiger charge is 2.27. The van der Waals surface area contributed by atoms with Gasteiger partial charge in [0.25, 0.3) is 0 Å². The Balaban J connectivity index is 2.55. The molecule has 24 heavy (non-hydrogen) atoms. The van der Waals surface area contributed by atoms with Crippen molar-refractivity contribution < 1.29 is 0 Å². The molecule has 0 fully saturated rings. The Bertz CT molecular complexity index is 818. The van der Waals surface area contributed by atoms with E-state index in [2.05, 4.69) is 31.6 Å². The number of aryl methyl sites for hydroxylation is 1. The highest BCUT2D eigenvalue weighted by Crippen LogP contribution is 2.36. The lowest BCUT2D eigenvalue weighted by molar-refractivity contribution is 0.552. The van der Waals surface area contributed by atoms with Crippen LogP contribution in [0.1, 0.15) is 58.5 Å². The Labute approximate surface area is 141 Å². The number of nitrogens with one attached hydrogen (secondary N) is 1. The third-order valence-corrected chi connectivity index (χ3v) is 3.56. The minimum Gasteiger partial charge on any atom is -0.382 e. The third kappa shape index (κ3) is 3.15. The molecule has 8 nitrogen and oxygen atoms in total. The van der Waals surface area contributed by atoms with Crippen LogP contribution in [-0.2, 0) is 17.9 Å². The molecular weight excluding hydrogens is 304 g/mol. The number of aromatic amines is 1. The van der Waals surface area contributed by atoms with Crippen LogP contribution in [0.25, 0.3) is 0 Å². The number of nitriles is 1. The van der Waals surface area contributed by atoms with Gasteiger partial charge < -0.3 is 5.73 Å². The summed E-state index contributed by atoms with van der Waals surface area (Å²) in [4.78, 5) is 0. The van der Waals surface area contributed by atoms with Crippen LogP contribution < -0.4 is 5.73 Å². The first-order valence-corrected chi connectivity index (χ1v) is 7.70. The zero-order valence-electron chi connectivity index (χ0n) is 15.3. The molecule has 0 aliphatic heterocycles. The lowest BCUT2D eigenvalue weighted by atomic mass is 9.90. The molecule has 2 rings (SSSR count). The van der Waals surface area contributed by atoms with Gasteiger partial charge in [-0.2, -0.15) is 15.5 Å². The molecule has 8 heteroatoms. The highest BCUT2D eigenvalue weighted by molar-refractivity contribution is 5.62. The molecule has 2 heterocycles. The van der Waals surface area contributed by atoms with Crippen molar-refractivity contribution in [2.24, 2.45) is 17.3 Å². The van der Waals surface area contributed by atoms with Crippen molar-refractivity contribution in [3.8, 4) is 6.07 Å². The Kier molecular flexibility index (Phi) is 4.23. The number of anilines is 1. The van der Waals surface area contributed by atoms with Crippen LogP contribution in [0.15, 0.2) is 10.2 Å². The van der Waals surface area contributed by atoms with E-state index in [1.807, 2.05) is 41.5 Å². The predicted molar refractivity (Wildman–Crippen MR) is 92.5 cm³/mol. The van der Waals surface area contributed by atoms with Gasteiger partial charge in [-0.05, 0) is 0 Å². The fourth-order valence-electron chi connectivity index (χ4n) is 2.33. The van der Waals surface area contributed by atoms with Gasteiger partial charge in [0.2, 0.25) is 0 Å². The van der Waals surface area contributed by atoms with Crippen molar-refractivity contribution in [2.45, 2.75) is 52.4 Å². The smallest absolute Gasteiger partial charge is 0.191 e. The molecular formula is C16H24N8. The van der Waals surface area contributed by atoms with Crippen molar-refractivity contribution in [2.75, 3.05) is 5.73 Å². The Hall–Kier alpha value is -2.69. The number of nitrogens with zero attached hydrogens (tertiary/aromatic N) is 6. The molecule has 0 aromatic carbocycles. The Morgan fingerprint density at radius 2 is 1.67 bits per heavy atom. The van der Waals surface area contributed by atoms with E-state index in [0.717, 1.165) is 5.69 Å². The molecule has 0 saturated carbocycles. The molecule has 0 bridgehead atoms. The maximum atomic E-state index is 9.52. The molecule has 0 unspecified atom stereocenters. The Morgan fingerprint density at radius 3 is 2.17 bits per heavy atom. The molecule has 0 amide bonds. The summed E-state index contributed by atoms with van der Waals surface area (Å²) in [6.07, 6.45) is 0. The first kappa shape index (κ1) is 17.7. The first-order chi connectivity index (χ1) is 11.0. The van der Waals surface area contributed by atoms with Crippen molar-refractivity contribution in [1.82, 2.24) is 20.0 Å². The number of azo groups is 1. The van der Waals surface area contributed by atoms with Gasteiger partial charge in [0.1, 0.15) is 17.5 Å². The average molecular weight is 328 g/mol. The van der Waals surface area contributed by atoms with E-state index >= 15 is 0 Å².